The van der Waals surface area contributed by atoms with Crippen molar-refractivity contribution in [1.29, 1.82) is 0 Å². The fourth-order valence-corrected chi connectivity index (χ4v) is 7.70. The molecule has 0 radical (unpaired) electrons. The van der Waals surface area contributed by atoms with Crippen LogP contribution in [0.4, 0.5) is 0 Å². The molecule has 0 unspecified atom stereocenters. The van der Waals surface area contributed by atoms with E-state index in [1.807, 2.05) is 0 Å². The van der Waals surface area contributed by atoms with Crippen molar-refractivity contribution in [2.75, 3.05) is 0 Å². The SMILES string of the molecule is C=C1CC[C@H](O[Si](C)(C)C(C)(C)C)C/C1=C/C=C1\CCC[C@]2(C)[C@@H]([C@H](C)C=O)CC[C@@H]12. The van der Waals surface area contributed by atoms with E-state index in [4.69, 9.17) is 4.43 Å². The van der Waals surface area contributed by atoms with E-state index in [0.717, 1.165) is 19.3 Å². The normalized spacial score (nSPS) is 36.0. The van der Waals surface area contributed by atoms with Crippen molar-refractivity contribution in [3.8, 4) is 0 Å². The molecule has 3 aliphatic rings. The van der Waals surface area contributed by atoms with Crippen LogP contribution in [0.1, 0.15) is 86.0 Å². The third-order valence-electron chi connectivity index (χ3n) is 9.32. The van der Waals surface area contributed by atoms with Gasteiger partial charge in [0, 0.05) is 12.0 Å². The van der Waals surface area contributed by atoms with Gasteiger partial charge in [0.1, 0.15) is 6.29 Å². The summed E-state index contributed by atoms with van der Waals surface area (Å²) in [6, 6.07) is 0. The molecular weight excluding hydrogens is 396 g/mol. The first kappa shape index (κ1) is 24.7. The maximum atomic E-state index is 11.5. The van der Waals surface area contributed by atoms with Crippen LogP contribution in [0, 0.1) is 23.2 Å². The molecule has 0 saturated heterocycles. The molecule has 3 rings (SSSR count). The molecule has 0 aromatic heterocycles. The molecule has 0 N–H and O–H groups in total. The molecule has 0 aromatic carbocycles. The molecule has 0 aromatic rings. The van der Waals surface area contributed by atoms with Crippen LogP contribution in [-0.2, 0) is 9.22 Å². The number of allylic oxidation sites excluding steroid dienone is 4. The third-order valence-corrected chi connectivity index (χ3v) is 13.9. The monoisotopic (exact) mass is 442 g/mol. The van der Waals surface area contributed by atoms with Crippen LogP contribution in [0.5, 0.6) is 0 Å². The van der Waals surface area contributed by atoms with E-state index < -0.39 is 8.32 Å². The molecule has 31 heavy (non-hydrogen) atoms. The number of carbonyl (C=O) groups excluding carboxylic acids is 1. The molecule has 5 atom stereocenters. The highest BCUT2D eigenvalue weighted by Crippen LogP contribution is 2.59. The predicted octanol–water partition coefficient (Wildman–Crippen LogP) is 8.02. The third kappa shape index (κ3) is 5.03. The van der Waals surface area contributed by atoms with E-state index in [1.165, 1.54) is 49.5 Å². The van der Waals surface area contributed by atoms with Crippen molar-refractivity contribution >= 4 is 14.6 Å². The molecule has 0 amide bonds. The zero-order chi connectivity index (χ0) is 23.0. The zero-order valence-corrected chi connectivity index (χ0v) is 22.2. The van der Waals surface area contributed by atoms with Gasteiger partial charge in [-0.1, -0.05) is 64.5 Å². The van der Waals surface area contributed by atoms with Crippen molar-refractivity contribution in [3.63, 3.8) is 0 Å². The molecule has 3 heteroatoms. The Morgan fingerprint density at radius 2 is 1.87 bits per heavy atom. The van der Waals surface area contributed by atoms with Gasteiger partial charge in [-0.05, 0) is 92.3 Å². The second kappa shape index (κ2) is 9.13. The van der Waals surface area contributed by atoms with Crippen molar-refractivity contribution in [2.45, 2.75) is 110 Å². The Kier molecular flexibility index (Phi) is 7.28. The molecule has 0 heterocycles. The molecule has 2 nitrogen and oxygen atoms in total. The van der Waals surface area contributed by atoms with Crippen molar-refractivity contribution in [1.82, 2.24) is 0 Å². The molecular formula is C28H46O2Si. The maximum Gasteiger partial charge on any atom is 0.192 e. The summed E-state index contributed by atoms with van der Waals surface area (Å²) >= 11 is 0. The summed E-state index contributed by atoms with van der Waals surface area (Å²) in [6.07, 6.45) is 15.7. The van der Waals surface area contributed by atoms with Gasteiger partial charge in [0.15, 0.2) is 8.32 Å². The highest BCUT2D eigenvalue weighted by molar-refractivity contribution is 6.74. The second-order valence-corrected chi connectivity index (χ2v) is 17.1. The van der Waals surface area contributed by atoms with Crippen LogP contribution >= 0.6 is 0 Å². The first-order valence-corrected chi connectivity index (χ1v) is 15.5. The fraction of sp³-hybridized carbons (Fsp3) is 0.750. The number of rotatable bonds is 5. The molecule has 0 aliphatic heterocycles. The van der Waals surface area contributed by atoms with Crippen LogP contribution in [-0.4, -0.2) is 20.7 Å². The van der Waals surface area contributed by atoms with Crippen LogP contribution in [0.3, 0.4) is 0 Å². The minimum atomic E-state index is -1.75. The largest absolute Gasteiger partial charge is 0.414 e. The first-order valence-electron chi connectivity index (χ1n) is 12.6. The summed E-state index contributed by atoms with van der Waals surface area (Å²) in [6.45, 7) is 20.7. The van der Waals surface area contributed by atoms with E-state index in [9.17, 15) is 4.79 Å². The van der Waals surface area contributed by atoms with Gasteiger partial charge in [0.05, 0.1) is 0 Å². The number of aldehydes is 1. The molecule has 0 bridgehead atoms. The summed E-state index contributed by atoms with van der Waals surface area (Å²) in [5, 5.41) is 0.248. The Hall–Kier alpha value is -0.933. The second-order valence-electron chi connectivity index (χ2n) is 12.4. The average Bonchev–Trinajstić information content (AvgIpc) is 3.04. The highest BCUT2D eigenvalue weighted by Gasteiger charge is 2.50. The van der Waals surface area contributed by atoms with Crippen LogP contribution in [0.2, 0.25) is 18.1 Å². The zero-order valence-electron chi connectivity index (χ0n) is 21.2. The average molecular weight is 443 g/mol. The van der Waals surface area contributed by atoms with E-state index in [2.05, 4.69) is 66.4 Å². The Labute approximate surface area is 192 Å². The lowest BCUT2D eigenvalue weighted by molar-refractivity contribution is -0.113. The van der Waals surface area contributed by atoms with Crippen LogP contribution in [0.15, 0.2) is 35.5 Å². The van der Waals surface area contributed by atoms with E-state index in [1.54, 1.807) is 5.57 Å². The fourth-order valence-electron chi connectivity index (χ4n) is 6.31. The first-order chi connectivity index (χ1) is 14.4. The molecule has 3 saturated carbocycles. The smallest absolute Gasteiger partial charge is 0.192 e. The van der Waals surface area contributed by atoms with E-state index >= 15 is 0 Å². The number of carbonyl (C=O) groups is 1. The topological polar surface area (TPSA) is 26.3 Å². The molecule has 3 fully saturated rings. The Morgan fingerprint density at radius 3 is 2.52 bits per heavy atom. The van der Waals surface area contributed by atoms with Crippen LogP contribution in [0.25, 0.3) is 0 Å². The Balaban J connectivity index is 1.76. The van der Waals surface area contributed by atoms with Gasteiger partial charge in [-0.25, -0.2) is 0 Å². The minimum Gasteiger partial charge on any atom is -0.414 e. The highest BCUT2D eigenvalue weighted by atomic mass is 28.4. The van der Waals surface area contributed by atoms with Gasteiger partial charge in [-0.2, -0.15) is 0 Å². The maximum absolute atomic E-state index is 11.5. The number of hydrogen-bond donors (Lipinski definition) is 0. The van der Waals surface area contributed by atoms with Gasteiger partial charge in [0.2, 0.25) is 0 Å². The standard InChI is InChI=1S/C28H46O2Si/c1-20-11-14-24(30-31(7,8)27(3,4)5)18-23(20)13-12-22-10-9-17-28(6)25(21(2)19-29)15-16-26(22)28/h12-13,19,21,24-26H,1,9-11,14-18H2,2-8H3/b22-12+,23-13-/t21-,24+,25-,26+,28-/m1/s1. The summed E-state index contributed by atoms with van der Waals surface area (Å²) in [4.78, 5) is 11.5. The molecule has 0 spiro atoms. The summed E-state index contributed by atoms with van der Waals surface area (Å²) < 4.78 is 6.75. The minimum absolute atomic E-state index is 0.180. The van der Waals surface area contributed by atoms with Crippen LogP contribution < -0.4 is 0 Å². The summed E-state index contributed by atoms with van der Waals surface area (Å²) in [7, 11) is -1.75. The molecule has 3 aliphatic carbocycles. The molecule has 174 valence electrons. The quantitative estimate of drug-likeness (QED) is 0.318. The van der Waals surface area contributed by atoms with Crippen molar-refractivity contribution in [3.05, 3.63) is 35.5 Å². The van der Waals surface area contributed by atoms with Crippen molar-refractivity contribution < 1.29 is 9.22 Å². The number of fused-ring (bicyclic) bond motifs is 1. The lowest BCUT2D eigenvalue weighted by atomic mass is 9.61. The predicted molar refractivity (Wildman–Crippen MR) is 135 cm³/mol. The van der Waals surface area contributed by atoms with Gasteiger partial charge in [0.25, 0.3) is 0 Å². The Morgan fingerprint density at radius 1 is 1.16 bits per heavy atom. The number of hydrogen-bond acceptors (Lipinski definition) is 2. The summed E-state index contributed by atoms with van der Waals surface area (Å²) in [5.41, 5.74) is 4.59. The lowest BCUT2D eigenvalue weighted by Gasteiger charge is -2.43. The van der Waals surface area contributed by atoms with Gasteiger partial charge < -0.3 is 9.22 Å². The Bertz CT molecular complexity index is 753. The van der Waals surface area contributed by atoms with Gasteiger partial charge in [-0.15, -0.1) is 0 Å². The summed E-state index contributed by atoms with van der Waals surface area (Å²) in [5.74, 6) is 1.36. The van der Waals surface area contributed by atoms with E-state index in [0.29, 0.717) is 23.4 Å². The van der Waals surface area contributed by atoms with Gasteiger partial charge in [-0.3, -0.25) is 0 Å². The lowest BCUT2D eigenvalue weighted by Crippen LogP contribution is -2.44. The van der Waals surface area contributed by atoms with Crippen molar-refractivity contribution in [2.24, 2.45) is 23.2 Å². The van der Waals surface area contributed by atoms with E-state index in [-0.39, 0.29) is 11.0 Å². The van der Waals surface area contributed by atoms with Gasteiger partial charge >= 0.3 is 0 Å².